The highest BCUT2D eigenvalue weighted by molar-refractivity contribution is 5.46. The molecule has 1 aromatic heterocycles. The van der Waals surface area contributed by atoms with Gasteiger partial charge in [-0.1, -0.05) is 20.4 Å². The molecular weight excluding hydrogens is 381 g/mol. The second-order valence-corrected chi connectivity index (χ2v) is 6.74. The molecule has 0 unspecified atom stereocenters. The van der Waals surface area contributed by atoms with Crippen LogP contribution in [-0.4, -0.2) is 26.6 Å². The van der Waals surface area contributed by atoms with Crippen LogP contribution in [0.1, 0.15) is 49.1 Å². The molecule has 0 saturated carbocycles. The molecule has 2 aromatic rings. The number of rotatable bonds is 5. The second-order valence-electron chi connectivity index (χ2n) is 6.74. The summed E-state index contributed by atoms with van der Waals surface area (Å²) in [4.78, 5) is 6.01. The Balaban J connectivity index is 0.00000145. The van der Waals surface area contributed by atoms with Crippen molar-refractivity contribution in [3.63, 3.8) is 0 Å². The molecule has 1 aliphatic heterocycles. The number of aromatic nitrogens is 1. The molecule has 0 radical (unpaired) electrons. The fraction of sp³-hybridized carbons (Fsp3) is 0.409. The number of fused-ring (bicyclic) bond motifs is 1. The number of benzene rings is 1. The van der Waals surface area contributed by atoms with Gasteiger partial charge in [-0.2, -0.15) is 13.2 Å². The van der Waals surface area contributed by atoms with Gasteiger partial charge in [0.2, 0.25) is 0 Å². The molecule has 2 heterocycles. The number of allylic oxidation sites excluding steroid dienone is 1. The Bertz CT molecular complexity index is 833. The topological polar surface area (TPSA) is 56.6 Å². The molecule has 0 saturated heterocycles. The third-order valence-corrected chi connectivity index (χ3v) is 4.81. The predicted octanol–water partition coefficient (Wildman–Crippen LogP) is 5.43. The van der Waals surface area contributed by atoms with Gasteiger partial charge in [0.15, 0.2) is 11.5 Å². The Morgan fingerprint density at radius 2 is 1.79 bits per heavy atom. The first kappa shape index (κ1) is 22.6. The molecule has 0 spiro atoms. The number of alkyl halides is 3. The van der Waals surface area contributed by atoms with Crippen LogP contribution < -0.4 is 0 Å². The first-order valence-electron chi connectivity index (χ1n) is 9.72. The highest BCUT2D eigenvalue weighted by Gasteiger charge is 2.30. The largest absolute Gasteiger partial charge is 0.504 e. The van der Waals surface area contributed by atoms with Crippen LogP contribution in [0.5, 0.6) is 11.5 Å². The van der Waals surface area contributed by atoms with E-state index in [4.69, 9.17) is 0 Å². The summed E-state index contributed by atoms with van der Waals surface area (Å²) < 4.78 is 37.6. The molecule has 158 valence electrons. The van der Waals surface area contributed by atoms with Crippen molar-refractivity contribution in [2.45, 2.75) is 52.3 Å². The van der Waals surface area contributed by atoms with Crippen molar-refractivity contribution < 1.29 is 23.4 Å². The van der Waals surface area contributed by atoms with Gasteiger partial charge in [0.1, 0.15) is 0 Å². The van der Waals surface area contributed by atoms with E-state index in [2.05, 4.69) is 16.5 Å². The molecule has 29 heavy (non-hydrogen) atoms. The van der Waals surface area contributed by atoms with Crippen molar-refractivity contribution in [3.05, 3.63) is 65.1 Å². The van der Waals surface area contributed by atoms with Crippen LogP contribution in [0.4, 0.5) is 13.2 Å². The van der Waals surface area contributed by atoms with Crippen molar-refractivity contribution in [2.75, 3.05) is 6.54 Å². The van der Waals surface area contributed by atoms with Crippen LogP contribution >= 0.6 is 0 Å². The van der Waals surface area contributed by atoms with E-state index in [0.717, 1.165) is 48.5 Å². The lowest BCUT2D eigenvalue weighted by molar-refractivity contribution is -0.137. The lowest BCUT2D eigenvalue weighted by atomic mass is 9.98. The summed E-state index contributed by atoms with van der Waals surface area (Å²) in [6.07, 6.45) is -0.717. The monoisotopic (exact) mass is 408 g/mol. The minimum absolute atomic E-state index is 0.106. The minimum atomic E-state index is -4.37. The van der Waals surface area contributed by atoms with E-state index < -0.39 is 11.7 Å². The van der Waals surface area contributed by atoms with Crippen molar-refractivity contribution in [1.29, 1.82) is 0 Å². The number of aromatic hydroxyl groups is 2. The molecule has 0 amide bonds. The number of hydrogen-bond donors (Lipinski definition) is 2. The van der Waals surface area contributed by atoms with E-state index in [-0.39, 0.29) is 11.5 Å². The third-order valence-electron chi connectivity index (χ3n) is 4.81. The van der Waals surface area contributed by atoms with E-state index in [1.807, 2.05) is 13.8 Å². The number of phenolic OH excluding ortho intramolecular Hbond substituents is 2. The van der Waals surface area contributed by atoms with Crippen molar-refractivity contribution in [2.24, 2.45) is 0 Å². The van der Waals surface area contributed by atoms with Gasteiger partial charge >= 0.3 is 6.18 Å². The first-order valence-corrected chi connectivity index (χ1v) is 9.72. The SMILES string of the molecule is C=C(CCCc1ccc(C(F)(F)F)cn1)N1CCc2cc(O)c(O)cc2C1.CC. The zero-order chi connectivity index (χ0) is 21.6. The average Bonchev–Trinajstić information content (AvgIpc) is 2.69. The molecule has 1 aliphatic rings. The molecule has 0 bridgehead atoms. The molecule has 1 aromatic carbocycles. The lowest BCUT2D eigenvalue weighted by Gasteiger charge is -2.32. The summed E-state index contributed by atoms with van der Waals surface area (Å²) in [5.41, 5.74) is 2.81. The third kappa shape index (κ3) is 5.89. The van der Waals surface area contributed by atoms with E-state index in [9.17, 15) is 23.4 Å². The van der Waals surface area contributed by atoms with Gasteiger partial charge in [0.25, 0.3) is 0 Å². The maximum Gasteiger partial charge on any atom is 0.417 e. The maximum atomic E-state index is 12.5. The highest BCUT2D eigenvalue weighted by atomic mass is 19.4. The molecule has 0 atom stereocenters. The van der Waals surface area contributed by atoms with Gasteiger partial charge in [-0.25, -0.2) is 0 Å². The van der Waals surface area contributed by atoms with Crippen molar-refractivity contribution >= 4 is 0 Å². The van der Waals surface area contributed by atoms with Gasteiger partial charge in [0.05, 0.1) is 5.56 Å². The minimum Gasteiger partial charge on any atom is -0.504 e. The Labute approximate surface area is 169 Å². The van der Waals surface area contributed by atoms with Crippen LogP contribution in [0.15, 0.2) is 42.7 Å². The zero-order valence-corrected chi connectivity index (χ0v) is 16.8. The molecule has 2 N–H and O–H groups in total. The van der Waals surface area contributed by atoms with E-state index in [1.165, 1.54) is 6.07 Å². The number of pyridine rings is 1. The smallest absolute Gasteiger partial charge is 0.417 e. The van der Waals surface area contributed by atoms with Gasteiger partial charge < -0.3 is 15.1 Å². The number of nitrogens with zero attached hydrogens (tertiary/aromatic N) is 2. The molecule has 0 fully saturated rings. The summed E-state index contributed by atoms with van der Waals surface area (Å²) >= 11 is 0. The lowest BCUT2D eigenvalue weighted by Crippen LogP contribution is -2.29. The number of halogens is 3. The van der Waals surface area contributed by atoms with Crippen molar-refractivity contribution in [3.8, 4) is 11.5 Å². The predicted molar refractivity (Wildman–Crippen MR) is 107 cm³/mol. The Morgan fingerprint density at radius 1 is 1.14 bits per heavy atom. The molecule has 3 rings (SSSR count). The number of hydrogen-bond acceptors (Lipinski definition) is 4. The first-order chi connectivity index (χ1) is 13.7. The number of phenols is 2. The van der Waals surface area contributed by atoms with Crippen molar-refractivity contribution in [1.82, 2.24) is 9.88 Å². The summed E-state index contributed by atoms with van der Waals surface area (Å²) in [6, 6.07) is 5.65. The van der Waals surface area contributed by atoms with Crippen LogP contribution in [0.3, 0.4) is 0 Å². The van der Waals surface area contributed by atoms with Crippen LogP contribution in [0.2, 0.25) is 0 Å². The fourth-order valence-corrected chi connectivity index (χ4v) is 3.23. The van der Waals surface area contributed by atoms with Gasteiger partial charge in [-0.15, -0.1) is 0 Å². The van der Waals surface area contributed by atoms with E-state index in [1.54, 1.807) is 12.1 Å². The Kier molecular flexibility index (Phi) is 7.53. The quantitative estimate of drug-likeness (QED) is 0.648. The molecule has 4 nitrogen and oxygen atoms in total. The highest BCUT2D eigenvalue weighted by Crippen LogP contribution is 2.33. The zero-order valence-electron chi connectivity index (χ0n) is 16.8. The van der Waals surface area contributed by atoms with Gasteiger partial charge in [0, 0.05) is 30.7 Å². The maximum absolute atomic E-state index is 12.5. The molecule has 0 aliphatic carbocycles. The van der Waals surface area contributed by atoms with Crippen LogP contribution in [-0.2, 0) is 25.6 Å². The van der Waals surface area contributed by atoms with Gasteiger partial charge in [-0.3, -0.25) is 4.98 Å². The molecule has 7 heteroatoms. The van der Waals surface area contributed by atoms with E-state index >= 15 is 0 Å². The summed E-state index contributed by atoms with van der Waals surface area (Å²) in [5.74, 6) is -0.236. The van der Waals surface area contributed by atoms with Crippen LogP contribution in [0.25, 0.3) is 0 Å². The number of aryl methyl sites for hydroxylation is 1. The Morgan fingerprint density at radius 3 is 2.38 bits per heavy atom. The normalized spacial score (nSPS) is 13.3. The summed E-state index contributed by atoms with van der Waals surface area (Å²) in [7, 11) is 0. The van der Waals surface area contributed by atoms with E-state index in [0.29, 0.717) is 25.1 Å². The Hall–Kier alpha value is -2.70. The summed E-state index contributed by atoms with van der Waals surface area (Å²) in [6.45, 7) is 9.50. The standard InChI is InChI=1S/C20H21F3N2O2.C2H6/c1-13(3-2-4-17-6-5-16(11-24-17)20(21,22)23)25-8-7-14-9-18(26)19(27)10-15(14)12-25;1-2/h5-6,9-11,26-27H,1-4,7-8,12H2;1-2H3. The molecular formula is C22H27F3N2O2. The van der Waals surface area contributed by atoms with Crippen LogP contribution in [0, 0.1) is 0 Å². The fourth-order valence-electron chi connectivity index (χ4n) is 3.23. The van der Waals surface area contributed by atoms with Gasteiger partial charge in [-0.05, 0) is 61.1 Å². The summed E-state index contributed by atoms with van der Waals surface area (Å²) in [5, 5.41) is 19.3. The second kappa shape index (κ2) is 9.67. The average molecular weight is 408 g/mol.